The van der Waals surface area contributed by atoms with E-state index < -0.39 is 0 Å². The second kappa shape index (κ2) is 4.53. The van der Waals surface area contributed by atoms with E-state index in [0.717, 1.165) is 5.69 Å². The molecule has 0 aliphatic carbocycles. The number of nitrogens with one attached hydrogen (secondary N) is 1. The van der Waals surface area contributed by atoms with Gasteiger partial charge in [0.1, 0.15) is 5.82 Å². The molecule has 0 amide bonds. The van der Waals surface area contributed by atoms with Gasteiger partial charge in [0.15, 0.2) is 0 Å². The lowest BCUT2D eigenvalue weighted by molar-refractivity contribution is 0.628. The number of nitrogens with zero attached hydrogens (tertiary/aromatic N) is 2. The summed E-state index contributed by atoms with van der Waals surface area (Å²) in [4.78, 5) is 0. The van der Waals surface area contributed by atoms with Crippen LogP contribution in [0.1, 0.15) is 5.69 Å². The molecule has 0 spiro atoms. The quantitative estimate of drug-likeness (QED) is 0.893. The van der Waals surface area contributed by atoms with Gasteiger partial charge in [-0.05, 0) is 24.3 Å². The Bertz CT molecular complexity index is 496. The van der Waals surface area contributed by atoms with Gasteiger partial charge in [-0.25, -0.2) is 4.39 Å². The van der Waals surface area contributed by atoms with E-state index in [1.165, 1.54) is 18.2 Å². The lowest BCUT2D eigenvalue weighted by atomic mass is 10.3. The van der Waals surface area contributed by atoms with Crippen LogP contribution in [0.5, 0.6) is 0 Å². The molecule has 0 unspecified atom stereocenters. The molecule has 2 aromatic rings. The highest BCUT2D eigenvalue weighted by atomic mass is 35.5. The van der Waals surface area contributed by atoms with Gasteiger partial charge in [0.05, 0.1) is 22.9 Å². The van der Waals surface area contributed by atoms with Crippen molar-refractivity contribution < 1.29 is 4.39 Å². The van der Waals surface area contributed by atoms with E-state index in [9.17, 15) is 4.39 Å². The third kappa shape index (κ3) is 2.52. The van der Waals surface area contributed by atoms with Crippen LogP contribution in [0.3, 0.4) is 0 Å². The average Bonchev–Trinajstić information content (AvgIpc) is 2.66. The lowest BCUT2D eigenvalue weighted by Gasteiger charge is -2.06. The molecule has 1 aromatic carbocycles. The van der Waals surface area contributed by atoms with Crippen molar-refractivity contribution in [3.8, 4) is 0 Å². The van der Waals surface area contributed by atoms with Gasteiger partial charge in [-0.3, -0.25) is 4.68 Å². The smallest absolute Gasteiger partial charge is 0.125 e. The minimum absolute atomic E-state index is 0.312. The highest BCUT2D eigenvalue weighted by molar-refractivity contribution is 6.33. The van der Waals surface area contributed by atoms with Gasteiger partial charge >= 0.3 is 0 Å². The van der Waals surface area contributed by atoms with Crippen LogP contribution in [-0.2, 0) is 13.6 Å². The average molecular weight is 240 g/mol. The maximum Gasteiger partial charge on any atom is 0.125 e. The van der Waals surface area contributed by atoms with Gasteiger partial charge in [-0.1, -0.05) is 11.6 Å². The SMILES string of the molecule is Cn1ccc(CNc2cc(F)ccc2Cl)n1. The normalized spacial score (nSPS) is 10.4. The molecule has 0 saturated heterocycles. The third-order valence-electron chi connectivity index (χ3n) is 2.16. The first kappa shape index (κ1) is 11.0. The Morgan fingerprint density at radius 1 is 1.44 bits per heavy atom. The predicted molar refractivity (Wildman–Crippen MR) is 61.9 cm³/mol. The molecule has 5 heteroatoms. The van der Waals surface area contributed by atoms with Crippen LogP contribution in [0.25, 0.3) is 0 Å². The van der Waals surface area contributed by atoms with Crippen LogP contribution in [0.15, 0.2) is 30.5 Å². The Kier molecular flexibility index (Phi) is 3.10. The maximum atomic E-state index is 13.0. The number of hydrogen-bond donors (Lipinski definition) is 1. The van der Waals surface area contributed by atoms with Crippen molar-refractivity contribution >= 4 is 17.3 Å². The molecule has 0 radical (unpaired) electrons. The summed E-state index contributed by atoms with van der Waals surface area (Å²) in [6.45, 7) is 0.518. The van der Waals surface area contributed by atoms with Crippen LogP contribution in [0, 0.1) is 5.82 Å². The van der Waals surface area contributed by atoms with Gasteiger partial charge in [-0.15, -0.1) is 0 Å². The number of rotatable bonds is 3. The maximum absolute atomic E-state index is 13.0. The van der Waals surface area contributed by atoms with E-state index in [0.29, 0.717) is 17.3 Å². The Morgan fingerprint density at radius 2 is 2.25 bits per heavy atom. The van der Waals surface area contributed by atoms with Crippen LogP contribution in [0.2, 0.25) is 5.02 Å². The molecular weight excluding hydrogens is 229 g/mol. The highest BCUT2D eigenvalue weighted by Gasteiger charge is 2.02. The second-order valence-corrected chi connectivity index (χ2v) is 3.87. The molecule has 1 N–H and O–H groups in total. The third-order valence-corrected chi connectivity index (χ3v) is 2.49. The van der Waals surface area contributed by atoms with Crippen molar-refractivity contribution in [2.24, 2.45) is 7.05 Å². The van der Waals surface area contributed by atoms with Crippen molar-refractivity contribution in [1.29, 1.82) is 0 Å². The summed E-state index contributed by atoms with van der Waals surface area (Å²) in [7, 11) is 1.85. The zero-order chi connectivity index (χ0) is 11.5. The molecular formula is C11H11ClFN3. The summed E-state index contributed by atoms with van der Waals surface area (Å²) in [5, 5.41) is 7.73. The van der Waals surface area contributed by atoms with E-state index in [2.05, 4.69) is 10.4 Å². The molecule has 0 aliphatic heterocycles. The first-order valence-electron chi connectivity index (χ1n) is 4.82. The molecule has 84 valence electrons. The Hall–Kier alpha value is -1.55. The van der Waals surface area contributed by atoms with Crippen molar-refractivity contribution in [2.75, 3.05) is 5.32 Å². The molecule has 1 aromatic heterocycles. The van der Waals surface area contributed by atoms with Gasteiger partial charge in [0.2, 0.25) is 0 Å². The summed E-state index contributed by atoms with van der Waals surface area (Å²) < 4.78 is 14.7. The molecule has 0 aliphatic rings. The minimum atomic E-state index is -0.312. The highest BCUT2D eigenvalue weighted by Crippen LogP contribution is 2.22. The number of aryl methyl sites for hydroxylation is 1. The minimum Gasteiger partial charge on any atom is -0.378 e. The van der Waals surface area contributed by atoms with Gasteiger partial charge < -0.3 is 5.32 Å². The van der Waals surface area contributed by atoms with Gasteiger partial charge in [0, 0.05) is 13.2 Å². The van der Waals surface area contributed by atoms with Crippen LogP contribution < -0.4 is 5.32 Å². The summed E-state index contributed by atoms with van der Waals surface area (Å²) in [6.07, 6.45) is 1.85. The van der Waals surface area contributed by atoms with Gasteiger partial charge in [0.25, 0.3) is 0 Å². The molecule has 0 saturated carbocycles. The topological polar surface area (TPSA) is 29.9 Å². The zero-order valence-corrected chi connectivity index (χ0v) is 9.50. The fraction of sp³-hybridized carbons (Fsp3) is 0.182. The first-order valence-corrected chi connectivity index (χ1v) is 5.20. The van der Waals surface area contributed by atoms with Crippen LogP contribution >= 0.6 is 11.6 Å². The summed E-state index contributed by atoms with van der Waals surface area (Å²) >= 11 is 5.91. The van der Waals surface area contributed by atoms with E-state index >= 15 is 0 Å². The number of anilines is 1. The zero-order valence-electron chi connectivity index (χ0n) is 8.74. The largest absolute Gasteiger partial charge is 0.378 e. The molecule has 1 heterocycles. The van der Waals surface area contributed by atoms with Crippen molar-refractivity contribution in [2.45, 2.75) is 6.54 Å². The molecule has 16 heavy (non-hydrogen) atoms. The van der Waals surface area contributed by atoms with E-state index in [1.807, 2.05) is 19.3 Å². The number of aromatic nitrogens is 2. The first-order chi connectivity index (χ1) is 7.65. The second-order valence-electron chi connectivity index (χ2n) is 3.46. The Morgan fingerprint density at radius 3 is 2.94 bits per heavy atom. The van der Waals surface area contributed by atoms with Crippen molar-refractivity contribution in [3.05, 3.63) is 47.0 Å². The van der Waals surface area contributed by atoms with Crippen LogP contribution in [0.4, 0.5) is 10.1 Å². The van der Waals surface area contributed by atoms with Crippen molar-refractivity contribution in [3.63, 3.8) is 0 Å². The Balaban J connectivity index is 2.07. The summed E-state index contributed by atoms with van der Waals surface area (Å²) in [6, 6.07) is 6.11. The van der Waals surface area contributed by atoms with E-state index in [4.69, 9.17) is 11.6 Å². The number of benzene rings is 1. The summed E-state index contributed by atoms with van der Waals surface area (Å²) in [5.41, 5.74) is 1.45. The van der Waals surface area contributed by atoms with E-state index in [1.54, 1.807) is 4.68 Å². The fourth-order valence-electron chi connectivity index (χ4n) is 1.38. The summed E-state index contributed by atoms with van der Waals surface area (Å²) in [5.74, 6) is -0.312. The predicted octanol–water partition coefficient (Wildman–Crippen LogP) is 2.82. The molecule has 0 fully saturated rings. The van der Waals surface area contributed by atoms with Crippen LogP contribution in [-0.4, -0.2) is 9.78 Å². The van der Waals surface area contributed by atoms with Crippen molar-refractivity contribution in [1.82, 2.24) is 9.78 Å². The molecule has 2 rings (SSSR count). The molecule has 0 bridgehead atoms. The Labute approximate surface area is 97.8 Å². The fourth-order valence-corrected chi connectivity index (χ4v) is 1.56. The lowest BCUT2D eigenvalue weighted by Crippen LogP contribution is -2.02. The number of halogens is 2. The molecule has 0 atom stereocenters. The van der Waals surface area contributed by atoms with Gasteiger partial charge in [-0.2, -0.15) is 5.10 Å². The standard InChI is InChI=1S/C11H11ClFN3/c1-16-5-4-9(15-16)7-14-11-6-8(13)2-3-10(11)12/h2-6,14H,7H2,1H3. The molecule has 3 nitrogen and oxygen atoms in total. The van der Waals surface area contributed by atoms with E-state index in [-0.39, 0.29) is 5.82 Å². The number of hydrogen-bond acceptors (Lipinski definition) is 2. The monoisotopic (exact) mass is 239 g/mol.